The van der Waals surface area contributed by atoms with E-state index in [1.165, 1.54) is 49.8 Å². The Bertz CT molecular complexity index is 1350. The molecule has 3 amide bonds. The number of methoxy groups -OCH3 is 2. The molecule has 0 atom stereocenters. The van der Waals surface area contributed by atoms with Gasteiger partial charge >= 0.3 is 12.4 Å². The molecule has 3 rings (SSSR count). The van der Waals surface area contributed by atoms with Crippen molar-refractivity contribution in [2.24, 2.45) is 4.99 Å². The van der Waals surface area contributed by atoms with Gasteiger partial charge in [0, 0.05) is 31.1 Å². The molecule has 0 saturated heterocycles. The fraction of sp³-hybridized carbons (Fsp3) is 0.370. The lowest BCUT2D eigenvalue weighted by Gasteiger charge is -2.12. The van der Waals surface area contributed by atoms with Crippen molar-refractivity contribution in [1.29, 1.82) is 0 Å². The van der Waals surface area contributed by atoms with Crippen LogP contribution in [0.15, 0.2) is 52.8 Å². The van der Waals surface area contributed by atoms with Gasteiger partial charge in [-0.3, -0.25) is 4.79 Å². The Morgan fingerprint density at radius 3 is 2.27 bits per heavy atom. The Morgan fingerprint density at radius 2 is 1.65 bits per heavy atom. The summed E-state index contributed by atoms with van der Waals surface area (Å²) in [6.07, 6.45) is -2.44. The van der Waals surface area contributed by atoms with E-state index in [0.717, 1.165) is 12.8 Å². The third-order valence-corrected chi connectivity index (χ3v) is 6.54. The molecule has 0 fully saturated rings. The summed E-state index contributed by atoms with van der Waals surface area (Å²) < 4.78 is 54.0. The number of nitrogens with zero attached hydrogens (tertiary/aromatic N) is 2. The second-order valence-corrected chi connectivity index (χ2v) is 9.34. The van der Waals surface area contributed by atoms with Crippen LogP contribution in [0, 0.1) is 0 Å². The summed E-state index contributed by atoms with van der Waals surface area (Å²) >= 11 is 1.21. The first-order valence-electron chi connectivity index (χ1n) is 12.5. The molecular weight excluding hydrogens is 549 g/mol. The van der Waals surface area contributed by atoms with Gasteiger partial charge in [-0.15, -0.1) is 24.5 Å². The minimum atomic E-state index is -4.80. The van der Waals surface area contributed by atoms with E-state index in [9.17, 15) is 22.8 Å². The fourth-order valence-electron chi connectivity index (χ4n) is 3.70. The molecule has 3 aromatic rings. The third kappa shape index (κ3) is 8.76. The Labute approximate surface area is 233 Å². The van der Waals surface area contributed by atoms with E-state index in [-0.39, 0.29) is 17.3 Å². The number of carbonyl (C=O) groups excluding carboxylic acids is 2. The maximum absolute atomic E-state index is 13.1. The summed E-state index contributed by atoms with van der Waals surface area (Å²) in [6.45, 7) is 3.35. The van der Waals surface area contributed by atoms with Crippen molar-refractivity contribution >= 4 is 23.3 Å². The third-order valence-electron chi connectivity index (χ3n) is 5.68. The van der Waals surface area contributed by atoms with Gasteiger partial charge in [0.15, 0.2) is 4.80 Å². The van der Waals surface area contributed by atoms with Gasteiger partial charge < -0.3 is 29.4 Å². The lowest BCUT2D eigenvalue weighted by Crippen LogP contribution is -2.37. The van der Waals surface area contributed by atoms with Gasteiger partial charge in [-0.05, 0) is 54.8 Å². The van der Waals surface area contributed by atoms with Crippen molar-refractivity contribution in [3.63, 3.8) is 0 Å². The number of carbonyl (C=O) groups is 2. The molecule has 216 valence electrons. The molecule has 0 aliphatic carbocycles. The average molecular weight is 581 g/mol. The molecule has 0 radical (unpaired) electrons. The molecule has 0 bridgehead atoms. The molecule has 1 heterocycles. The Kier molecular flexibility index (Phi) is 11.0. The monoisotopic (exact) mass is 580 g/mol. The van der Waals surface area contributed by atoms with E-state index >= 15 is 0 Å². The van der Waals surface area contributed by atoms with E-state index in [1.54, 1.807) is 28.1 Å². The zero-order valence-electron chi connectivity index (χ0n) is 22.3. The van der Waals surface area contributed by atoms with Gasteiger partial charge in [0.25, 0.3) is 5.91 Å². The predicted molar refractivity (Wildman–Crippen MR) is 145 cm³/mol. The fourth-order valence-corrected chi connectivity index (χ4v) is 4.63. The standard InChI is InChI=1S/C27H31F3N4O5S/c1-4-5-13-31-25(36)32-14-6-15-34-22(18-7-9-19(10-8-18)39-27(28,29)30)17-40-26(34)33-24(35)21-12-11-20(37-2)16-23(21)38-3/h7-12,16-17H,4-6,13-15H2,1-3H3,(H2,31,32,36). The molecule has 0 saturated carbocycles. The molecule has 40 heavy (non-hydrogen) atoms. The number of thiazole rings is 1. The van der Waals surface area contributed by atoms with Crippen molar-refractivity contribution in [3.05, 3.63) is 58.2 Å². The minimum Gasteiger partial charge on any atom is -0.497 e. The maximum atomic E-state index is 13.1. The number of rotatable bonds is 12. The highest BCUT2D eigenvalue weighted by molar-refractivity contribution is 7.07. The SMILES string of the molecule is CCCCNC(=O)NCCCn1c(-c2ccc(OC(F)(F)F)cc2)csc1=NC(=O)c1ccc(OC)cc1OC. The Morgan fingerprint density at radius 1 is 0.975 bits per heavy atom. The van der Waals surface area contributed by atoms with Crippen LogP contribution in [0.5, 0.6) is 17.2 Å². The maximum Gasteiger partial charge on any atom is 0.573 e. The summed E-state index contributed by atoms with van der Waals surface area (Å²) in [5, 5.41) is 7.34. The van der Waals surface area contributed by atoms with Gasteiger partial charge in [-0.25, -0.2) is 4.79 Å². The van der Waals surface area contributed by atoms with Gasteiger partial charge in [-0.2, -0.15) is 4.99 Å². The van der Waals surface area contributed by atoms with Crippen LogP contribution < -0.4 is 29.6 Å². The van der Waals surface area contributed by atoms with Crippen LogP contribution in [0.2, 0.25) is 0 Å². The lowest BCUT2D eigenvalue weighted by molar-refractivity contribution is -0.274. The normalized spacial score (nSPS) is 11.7. The number of hydrogen-bond donors (Lipinski definition) is 2. The van der Waals surface area contributed by atoms with Crippen LogP contribution >= 0.6 is 11.3 Å². The first-order valence-corrected chi connectivity index (χ1v) is 13.4. The zero-order valence-corrected chi connectivity index (χ0v) is 23.2. The molecule has 2 aromatic carbocycles. The van der Waals surface area contributed by atoms with E-state index in [4.69, 9.17) is 9.47 Å². The highest BCUT2D eigenvalue weighted by Crippen LogP contribution is 2.28. The topological polar surface area (TPSA) is 103 Å². The second-order valence-electron chi connectivity index (χ2n) is 8.50. The van der Waals surface area contributed by atoms with Crippen LogP contribution in [0.1, 0.15) is 36.5 Å². The number of urea groups is 1. The van der Waals surface area contributed by atoms with Gasteiger partial charge in [0.05, 0.1) is 25.5 Å². The Balaban J connectivity index is 1.88. The first-order chi connectivity index (χ1) is 19.1. The molecule has 0 spiro atoms. The molecule has 13 heteroatoms. The second kappa shape index (κ2) is 14.4. The molecular formula is C27H31F3N4O5S. The van der Waals surface area contributed by atoms with Gasteiger partial charge in [0.1, 0.15) is 17.2 Å². The summed E-state index contributed by atoms with van der Waals surface area (Å²) in [5.41, 5.74) is 1.49. The molecule has 9 nitrogen and oxygen atoms in total. The number of hydrogen-bond acceptors (Lipinski definition) is 6. The molecule has 2 N–H and O–H groups in total. The van der Waals surface area contributed by atoms with E-state index < -0.39 is 12.3 Å². The van der Waals surface area contributed by atoms with Crippen molar-refractivity contribution in [1.82, 2.24) is 15.2 Å². The number of nitrogens with one attached hydrogen (secondary N) is 2. The molecule has 0 unspecified atom stereocenters. The van der Waals surface area contributed by atoms with Crippen molar-refractivity contribution in [2.45, 2.75) is 39.1 Å². The van der Waals surface area contributed by atoms with Crippen molar-refractivity contribution in [3.8, 4) is 28.5 Å². The summed E-state index contributed by atoms with van der Waals surface area (Å²) in [5.74, 6) is -0.0620. The lowest BCUT2D eigenvalue weighted by atomic mass is 10.1. The van der Waals surface area contributed by atoms with Crippen LogP contribution in [0.25, 0.3) is 11.3 Å². The molecule has 1 aromatic heterocycles. The Hall–Kier alpha value is -4.00. The van der Waals surface area contributed by atoms with Crippen LogP contribution in [0.3, 0.4) is 0 Å². The van der Waals surface area contributed by atoms with Crippen molar-refractivity contribution < 1.29 is 37.0 Å². The zero-order chi connectivity index (χ0) is 29.1. The van der Waals surface area contributed by atoms with E-state index in [2.05, 4.69) is 20.4 Å². The van der Waals surface area contributed by atoms with Crippen LogP contribution in [-0.2, 0) is 6.54 Å². The number of halogens is 3. The number of ether oxygens (including phenoxy) is 3. The van der Waals surface area contributed by atoms with E-state index in [0.29, 0.717) is 53.6 Å². The van der Waals surface area contributed by atoms with Gasteiger partial charge in [-0.1, -0.05) is 13.3 Å². The number of amides is 3. The van der Waals surface area contributed by atoms with Crippen LogP contribution in [0.4, 0.5) is 18.0 Å². The first kappa shape index (κ1) is 30.5. The van der Waals surface area contributed by atoms with Crippen molar-refractivity contribution in [2.75, 3.05) is 27.3 Å². The quantitative estimate of drug-likeness (QED) is 0.281. The smallest absolute Gasteiger partial charge is 0.497 e. The van der Waals surface area contributed by atoms with E-state index in [1.807, 2.05) is 6.92 Å². The minimum absolute atomic E-state index is 0.240. The number of unbranched alkanes of at least 4 members (excludes halogenated alkanes) is 1. The largest absolute Gasteiger partial charge is 0.573 e. The summed E-state index contributed by atoms with van der Waals surface area (Å²) in [4.78, 5) is 29.8. The number of benzene rings is 2. The summed E-state index contributed by atoms with van der Waals surface area (Å²) in [7, 11) is 2.94. The molecule has 0 aliphatic heterocycles. The van der Waals surface area contributed by atoms with Gasteiger partial charge in [0.2, 0.25) is 0 Å². The predicted octanol–water partition coefficient (Wildman–Crippen LogP) is 5.36. The van der Waals surface area contributed by atoms with Crippen LogP contribution in [-0.4, -0.2) is 50.2 Å². The molecule has 0 aliphatic rings. The highest BCUT2D eigenvalue weighted by Gasteiger charge is 2.31. The highest BCUT2D eigenvalue weighted by atomic mass is 32.1. The summed E-state index contributed by atoms with van der Waals surface area (Å²) in [6, 6.07) is 9.93. The average Bonchev–Trinajstić information content (AvgIpc) is 3.32. The number of alkyl halides is 3. The number of aromatic nitrogens is 1.